The van der Waals surface area contributed by atoms with Crippen LogP contribution in [-0.2, 0) is 11.2 Å². The summed E-state index contributed by atoms with van der Waals surface area (Å²) in [5.41, 5.74) is 0.738. The number of carbonyl (C=O) groups excluding carboxylic acids is 1. The number of piperidine rings is 2. The number of hydrogen-bond donors (Lipinski definition) is 1. The molecule has 0 amide bonds. The van der Waals surface area contributed by atoms with E-state index in [0.717, 1.165) is 18.4 Å². The molecule has 2 atom stereocenters. The van der Waals surface area contributed by atoms with Crippen molar-refractivity contribution in [1.29, 1.82) is 0 Å². The second kappa shape index (κ2) is 6.14. The van der Waals surface area contributed by atoms with Crippen molar-refractivity contribution in [2.24, 2.45) is 5.92 Å². The minimum absolute atomic E-state index is 0.131. The average Bonchev–Trinajstić information content (AvgIpc) is 2.47. The van der Waals surface area contributed by atoms with E-state index in [0.29, 0.717) is 18.5 Å². The van der Waals surface area contributed by atoms with Crippen LogP contribution in [0.4, 0.5) is 4.39 Å². The number of methoxy groups -OCH3 is 1. The van der Waals surface area contributed by atoms with Gasteiger partial charge in [0.2, 0.25) is 0 Å². The Labute approximate surface area is 124 Å². The Morgan fingerprint density at radius 1 is 1.33 bits per heavy atom. The van der Waals surface area contributed by atoms with Crippen LogP contribution in [0.1, 0.15) is 37.7 Å². The van der Waals surface area contributed by atoms with Gasteiger partial charge in [-0.2, -0.15) is 0 Å². The first-order valence-corrected chi connectivity index (χ1v) is 7.77. The van der Waals surface area contributed by atoms with Crippen molar-refractivity contribution in [3.8, 4) is 5.75 Å². The maximum Gasteiger partial charge on any atom is 0.165 e. The third-order valence-corrected chi connectivity index (χ3v) is 4.76. The highest BCUT2D eigenvalue weighted by molar-refractivity contribution is 5.83. The molecule has 2 saturated heterocycles. The lowest BCUT2D eigenvalue weighted by Gasteiger charge is -2.39. The van der Waals surface area contributed by atoms with Gasteiger partial charge in [0.1, 0.15) is 5.78 Å². The molecule has 2 heterocycles. The second-order valence-corrected chi connectivity index (χ2v) is 6.27. The quantitative estimate of drug-likeness (QED) is 0.927. The number of halogens is 1. The summed E-state index contributed by atoms with van der Waals surface area (Å²) in [6.07, 6.45) is 5.83. The normalized spacial score (nSPS) is 28.2. The van der Waals surface area contributed by atoms with Crippen LogP contribution in [0.5, 0.6) is 5.75 Å². The van der Waals surface area contributed by atoms with E-state index in [4.69, 9.17) is 4.74 Å². The lowest BCUT2D eigenvalue weighted by molar-refractivity contribution is -0.124. The molecular formula is C17H22FNO2. The van der Waals surface area contributed by atoms with E-state index in [-0.39, 0.29) is 17.5 Å². The lowest BCUT2D eigenvalue weighted by Crippen LogP contribution is -2.50. The highest BCUT2D eigenvalue weighted by Gasteiger charge is 2.34. The topological polar surface area (TPSA) is 38.3 Å². The smallest absolute Gasteiger partial charge is 0.165 e. The standard InChI is InChI=1S/C17H22FNO2/c1-21-17-6-5-11(7-15(17)18)8-16(20)12-9-13-3-2-4-14(10-12)19-13/h5-7,12-14,19H,2-4,8-10H2,1H3. The van der Waals surface area contributed by atoms with Crippen molar-refractivity contribution in [2.75, 3.05) is 7.11 Å². The Kier molecular flexibility index (Phi) is 4.24. The Balaban J connectivity index is 1.64. The van der Waals surface area contributed by atoms with Gasteiger partial charge >= 0.3 is 0 Å². The van der Waals surface area contributed by atoms with Gasteiger partial charge in [0.25, 0.3) is 0 Å². The third-order valence-electron chi connectivity index (χ3n) is 4.76. The highest BCUT2D eigenvalue weighted by Crippen LogP contribution is 2.31. The average molecular weight is 291 g/mol. The number of ketones is 1. The third kappa shape index (κ3) is 3.26. The highest BCUT2D eigenvalue weighted by atomic mass is 19.1. The zero-order valence-corrected chi connectivity index (χ0v) is 12.4. The minimum atomic E-state index is -0.398. The summed E-state index contributed by atoms with van der Waals surface area (Å²) in [5, 5.41) is 3.60. The molecule has 3 nitrogen and oxygen atoms in total. The van der Waals surface area contributed by atoms with Gasteiger partial charge in [-0.25, -0.2) is 4.39 Å². The molecule has 114 valence electrons. The van der Waals surface area contributed by atoms with Crippen molar-refractivity contribution in [2.45, 2.75) is 50.6 Å². The molecule has 1 aromatic rings. The first-order valence-electron chi connectivity index (χ1n) is 7.77. The predicted octanol–water partition coefficient (Wildman–Crippen LogP) is 2.87. The summed E-state index contributed by atoms with van der Waals surface area (Å²) in [6.45, 7) is 0. The molecule has 0 aromatic heterocycles. The fraction of sp³-hybridized carbons (Fsp3) is 0.588. The van der Waals surface area contributed by atoms with Gasteiger partial charge in [-0.1, -0.05) is 12.5 Å². The fourth-order valence-electron chi connectivity index (χ4n) is 3.69. The molecule has 0 radical (unpaired) electrons. The van der Waals surface area contributed by atoms with Crippen LogP contribution in [0.15, 0.2) is 18.2 Å². The molecule has 21 heavy (non-hydrogen) atoms. The predicted molar refractivity (Wildman–Crippen MR) is 78.9 cm³/mol. The minimum Gasteiger partial charge on any atom is -0.494 e. The summed E-state index contributed by atoms with van der Waals surface area (Å²) in [5.74, 6) is 0.206. The molecule has 1 aromatic carbocycles. The lowest BCUT2D eigenvalue weighted by atomic mass is 9.77. The van der Waals surface area contributed by atoms with E-state index in [9.17, 15) is 9.18 Å². The van der Waals surface area contributed by atoms with Crippen LogP contribution in [-0.4, -0.2) is 25.0 Å². The number of carbonyl (C=O) groups is 1. The molecule has 2 unspecified atom stereocenters. The number of hydrogen-bond acceptors (Lipinski definition) is 3. The zero-order chi connectivity index (χ0) is 14.8. The molecule has 0 spiro atoms. The van der Waals surface area contributed by atoms with Gasteiger partial charge in [0.05, 0.1) is 7.11 Å². The van der Waals surface area contributed by atoms with Gasteiger partial charge in [-0.15, -0.1) is 0 Å². The molecular weight excluding hydrogens is 269 g/mol. The molecule has 2 aliphatic rings. The van der Waals surface area contributed by atoms with Crippen molar-refractivity contribution in [1.82, 2.24) is 5.32 Å². The number of benzene rings is 1. The maximum atomic E-state index is 13.7. The van der Waals surface area contributed by atoms with Gasteiger partial charge in [-0.05, 0) is 43.4 Å². The summed E-state index contributed by atoms with van der Waals surface area (Å²) in [4.78, 5) is 12.5. The summed E-state index contributed by atoms with van der Waals surface area (Å²) >= 11 is 0. The van der Waals surface area contributed by atoms with Crippen molar-refractivity contribution >= 4 is 5.78 Å². The van der Waals surface area contributed by atoms with Gasteiger partial charge in [0.15, 0.2) is 11.6 Å². The summed E-state index contributed by atoms with van der Waals surface area (Å²) < 4.78 is 18.6. The molecule has 2 fully saturated rings. The van der Waals surface area contributed by atoms with Crippen LogP contribution in [0, 0.1) is 11.7 Å². The van der Waals surface area contributed by atoms with Crippen LogP contribution in [0.3, 0.4) is 0 Å². The van der Waals surface area contributed by atoms with Crippen LogP contribution >= 0.6 is 0 Å². The molecule has 2 aliphatic heterocycles. The van der Waals surface area contributed by atoms with E-state index < -0.39 is 5.82 Å². The summed E-state index contributed by atoms with van der Waals surface area (Å²) in [7, 11) is 1.44. The Morgan fingerprint density at radius 2 is 2.05 bits per heavy atom. The number of fused-ring (bicyclic) bond motifs is 2. The van der Waals surface area contributed by atoms with E-state index in [2.05, 4.69) is 5.32 Å². The first kappa shape index (κ1) is 14.5. The van der Waals surface area contributed by atoms with E-state index in [1.807, 2.05) is 0 Å². The van der Waals surface area contributed by atoms with E-state index in [1.54, 1.807) is 12.1 Å². The molecule has 4 heteroatoms. The number of rotatable bonds is 4. The number of Topliss-reactive ketones (excluding diaryl/α,β-unsaturated/α-hetero) is 1. The van der Waals surface area contributed by atoms with Gasteiger partial charge in [-0.3, -0.25) is 4.79 Å². The monoisotopic (exact) mass is 291 g/mol. The number of ether oxygens (including phenoxy) is 1. The SMILES string of the molecule is COc1ccc(CC(=O)C2CC3CCCC(C2)N3)cc1F. The van der Waals surface area contributed by atoms with Crippen molar-refractivity contribution in [3.05, 3.63) is 29.6 Å². The van der Waals surface area contributed by atoms with E-state index in [1.165, 1.54) is 32.4 Å². The summed E-state index contributed by atoms with van der Waals surface area (Å²) in [6, 6.07) is 5.79. The van der Waals surface area contributed by atoms with Gasteiger partial charge in [0, 0.05) is 24.4 Å². The molecule has 2 bridgehead atoms. The zero-order valence-electron chi connectivity index (χ0n) is 12.4. The molecule has 0 aliphatic carbocycles. The molecule has 1 N–H and O–H groups in total. The first-order chi connectivity index (χ1) is 10.2. The van der Waals surface area contributed by atoms with Crippen molar-refractivity contribution < 1.29 is 13.9 Å². The largest absolute Gasteiger partial charge is 0.494 e. The molecule has 3 rings (SSSR count). The Bertz CT molecular complexity index is 520. The van der Waals surface area contributed by atoms with Crippen molar-refractivity contribution in [3.63, 3.8) is 0 Å². The van der Waals surface area contributed by atoms with Crippen LogP contribution in [0.2, 0.25) is 0 Å². The van der Waals surface area contributed by atoms with Crippen LogP contribution in [0.25, 0.3) is 0 Å². The Hall–Kier alpha value is -1.42. The van der Waals surface area contributed by atoms with Crippen LogP contribution < -0.4 is 10.1 Å². The van der Waals surface area contributed by atoms with E-state index >= 15 is 0 Å². The Morgan fingerprint density at radius 3 is 2.67 bits per heavy atom. The maximum absolute atomic E-state index is 13.7. The van der Waals surface area contributed by atoms with Gasteiger partial charge < -0.3 is 10.1 Å². The number of nitrogens with one attached hydrogen (secondary N) is 1. The fourth-order valence-corrected chi connectivity index (χ4v) is 3.69. The second-order valence-electron chi connectivity index (χ2n) is 6.27. The molecule has 0 saturated carbocycles.